The average molecular weight is 773 g/mol. The molecule has 2 spiro atoms. The van der Waals surface area contributed by atoms with E-state index in [4.69, 9.17) is 4.74 Å². The van der Waals surface area contributed by atoms with Crippen LogP contribution >= 0.6 is 0 Å². The SMILES string of the molecule is c1ccc2c(c1)Oc1c(cc(-c3ccccc3-c3ccc4c(c3)C3(c5ccccc5-c5ccccc53)c3ccccc3-4)c3ccccc13)C21c2ccccc2-c2ccccc21. The molecule has 10 aromatic rings. The third kappa shape index (κ3) is 4.02. The van der Waals surface area contributed by atoms with Crippen LogP contribution in [0.2, 0.25) is 0 Å². The van der Waals surface area contributed by atoms with Crippen LogP contribution in [0.4, 0.5) is 0 Å². The van der Waals surface area contributed by atoms with Crippen LogP contribution in [0.25, 0.3) is 66.4 Å². The summed E-state index contributed by atoms with van der Waals surface area (Å²) < 4.78 is 7.11. The first kappa shape index (κ1) is 33.1. The van der Waals surface area contributed by atoms with Crippen molar-refractivity contribution in [2.24, 2.45) is 0 Å². The van der Waals surface area contributed by atoms with E-state index in [1.165, 1.54) is 106 Å². The molecule has 282 valence electrons. The molecule has 14 rings (SSSR count). The lowest BCUT2D eigenvalue weighted by Crippen LogP contribution is -2.32. The van der Waals surface area contributed by atoms with E-state index < -0.39 is 10.8 Å². The van der Waals surface area contributed by atoms with E-state index in [2.05, 4.69) is 218 Å². The van der Waals surface area contributed by atoms with Crippen LogP contribution in [-0.2, 0) is 10.8 Å². The van der Waals surface area contributed by atoms with Crippen LogP contribution < -0.4 is 4.74 Å². The number of hydrogen-bond donors (Lipinski definition) is 0. The summed E-state index contributed by atoms with van der Waals surface area (Å²) in [5, 5.41) is 2.29. The Morgan fingerprint density at radius 3 is 1.18 bits per heavy atom. The Morgan fingerprint density at radius 1 is 0.246 bits per heavy atom. The Morgan fingerprint density at radius 2 is 0.639 bits per heavy atom. The van der Waals surface area contributed by atoms with Gasteiger partial charge >= 0.3 is 0 Å². The molecule has 61 heavy (non-hydrogen) atoms. The Balaban J connectivity index is 1.05. The zero-order valence-corrected chi connectivity index (χ0v) is 33.2. The monoisotopic (exact) mass is 772 g/mol. The van der Waals surface area contributed by atoms with Gasteiger partial charge in [0.15, 0.2) is 0 Å². The fourth-order valence-corrected chi connectivity index (χ4v) is 12.1. The summed E-state index contributed by atoms with van der Waals surface area (Å²) in [7, 11) is 0. The van der Waals surface area contributed by atoms with E-state index in [0.717, 1.165) is 16.9 Å². The van der Waals surface area contributed by atoms with Crippen molar-refractivity contribution in [2.75, 3.05) is 0 Å². The van der Waals surface area contributed by atoms with Crippen molar-refractivity contribution in [3.63, 3.8) is 0 Å². The Labute approximate surface area is 354 Å². The molecule has 4 aliphatic rings. The first-order valence-electron chi connectivity index (χ1n) is 21.3. The number of ether oxygens (including phenoxy) is 1. The van der Waals surface area contributed by atoms with Crippen molar-refractivity contribution in [3.8, 4) is 67.1 Å². The zero-order chi connectivity index (χ0) is 39.9. The number of rotatable bonds is 2. The number of para-hydroxylation sites is 1. The van der Waals surface area contributed by atoms with Crippen LogP contribution in [-0.4, -0.2) is 0 Å². The predicted molar refractivity (Wildman–Crippen MR) is 248 cm³/mol. The smallest absolute Gasteiger partial charge is 0.140 e. The van der Waals surface area contributed by atoms with Crippen molar-refractivity contribution in [1.82, 2.24) is 0 Å². The summed E-state index contributed by atoms with van der Waals surface area (Å²) in [6, 6.07) is 81.4. The quantitative estimate of drug-likeness (QED) is 0.170. The molecule has 0 aromatic heterocycles. The maximum Gasteiger partial charge on any atom is 0.140 e. The maximum atomic E-state index is 7.11. The third-order valence-electron chi connectivity index (χ3n) is 14.4. The fourth-order valence-electron chi connectivity index (χ4n) is 12.1. The van der Waals surface area contributed by atoms with E-state index in [9.17, 15) is 0 Å². The fraction of sp³-hybridized carbons (Fsp3) is 0.0333. The lowest BCUT2D eigenvalue weighted by atomic mass is 9.65. The van der Waals surface area contributed by atoms with Gasteiger partial charge in [0, 0.05) is 16.5 Å². The van der Waals surface area contributed by atoms with Crippen LogP contribution in [0, 0.1) is 0 Å². The molecule has 0 fully saturated rings. The van der Waals surface area contributed by atoms with Gasteiger partial charge in [0.05, 0.1) is 10.8 Å². The molecule has 10 aromatic carbocycles. The van der Waals surface area contributed by atoms with E-state index in [-0.39, 0.29) is 0 Å². The Hall–Kier alpha value is -7.74. The van der Waals surface area contributed by atoms with Crippen molar-refractivity contribution in [3.05, 3.63) is 263 Å². The second kappa shape index (κ2) is 11.9. The largest absolute Gasteiger partial charge is 0.456 e. The van der Waals surface area contributed by atoms with E-state index in [1.807, 2.05) is 0 Å². The van der Waals surface area contributed by atoms with Gasteiger partial charge in [-0.2, -0.15) is 0 Å². The molecule has 3 aliphatic carbocycles. The summed E-state index contributed by atoms with van der Waals surface area (Å²) in [5.41, 5.74) is 22.0. The molecule has 1 heteroatoms. The van der Waals surface area contributed by atoms with Crippen LogP contribution in [0.5, 0.6) is 11.5 Å². The highest BCUT2D eigenvalue weighted by Gasteiger charge is 2.53. The van der Waals surface area contributed by atoms with Gasteiger partial charge in [-0.05, 0) is 113 Å². The maximum absolute atomic E-state index is 7.11. The second-order valence-corrected chi connectivity index (χ2v) is 17.0. The topological polar surface area (TPSA) is 9.23 Å². The standard InChI is InChI=1S/C60H36O/c1-2-18-39(38(17-1)37-33-34-46-45-24-9-12-28-51(45)59(55(46)35-37)49-26-10-5-20-41(49)42-21-6-11-27-50(42)59)48-36-56-58(47-25-4-3-19-40(47)48)61-57-32-16-15-31-54(57)60(56)52-29-13-7-22-43(52)44-23-8-14-30-53(44)60/h1-36H. The van der Waals surface area contributed by atoms with Crippen LogP contribution in [0.15, 0.2) is 218 Å². The first-order valence-corrected chi connectivity index (χ1v) is 21.3. The van der Waals surface area contributed by atoms with E-state index >= 15 is 0 Å². The van der Waals surface area contributed by atoms with Gasteiger partial charge in [0.2, 0.25) is 0 Å². The molecule has 0 amide bonds. The molecule has 0 bridgehead atoms. The number of benzene rings is 10. The van der Waals surface area contributed by atoms with Gasteiger partial charge in [0.25, 0.3) is 0 Å². The summed E-state index contributed by atoms with van der Waals surface area (Å²) in [6.07, 6.45) is 0. The first-order chi connectivity index (χ1) is 30.3. The molecule has 0 saturated carbocycles. The Kier molecular flexibility index (Phi) is 6.48. The number of hydrogen-bond acceptors (Lipinski definition) is 1. The van der Waals surface area contributed by atoms with Gasteiger partial charge in [-0.15, -0.1) is 0 Å². The lowest BCUT2D eigenvalue weighted by molar-refractivity contribution is 0.442. The normalized spacial score (nSPS) is 14.6. The van der Waals surface area contributed by atoms with Crippen molar-refractivity contribution < 1.29 is 4.74 Å². The summed E-state index contributed by atoms with van der Waals surface area (Å²) >= 11 is 0. The molecule has 0 N–H and O–H groups in total. The molecule has 1 heterocycles. The molecule has 0 saturated heterocycles. The van der Waals surface area contributed by atoms with Gasteiger partial charge < -0.3 is 4.74 Å². The molecular formula is C60H36O. The summed E-state index contributed by atoms with van der Waals surface area (Å²) in [6.45, 7) is 0. The minimum absolute atomic E-state index is 0.414. The summed E-state index contributed by atoms with van der Waals surface area (Å²) in [4.78, 5) is 0. The van der Waals surface area contributed by atoms with Crippen LogP contribution in [0.3, 0.4) is 0 Å². The van der Waals surface area contributed by atoms with Gasteiger partial charge in [0.1, 0.15) is 11.5 Å². The predicted octanol–water partition coefficient (Wildman–Crippen LogP) is 15.0. The molecule has 0 unspecified atom stereocenters. The highest BCUT2D eigenvalue weighted by atomic mass is 16.5. The highest BCUT2D eigenvalue weighted by Crippen LogP contribution is 2.65. The molecule has 1 nitrogen and oxygen atoms in total. The van der Waals surface area contributed by atoms with Gasteiger partial charge in [-0.3, -0.25) is 0 Å². The van der Waals surface area contributed by atoms with Crippen molar-refractivity contribution in [1.29, 1.82) is 0 Å². The minimum Gasteiger partial charge on any atom is -0.456 e. The molecule has 0 radical (unpaired) electrons. The third-order valence-corrected chi connectivity index (χ3v) is 14.4. The molecule has 1 aliphatic heterocycles. The molecular weight excluding hydrogens is 737 g/mol. The van der Waals surface area contributed by atoms with E-state index in [1.54, 1.807) is 0 Å². The minimum atomic E-state index is -0.569. The van der Waals surface area contributed by atoms with Gasteiger partial charge in [-0.25, -0.2) is 0 Å². The highest BCUT2D eigenvalue weighted by molar-refractivity contribution is 6.06. The zero-order valence-electron chi connectivity index (χ0n) is 33.2. The van der Waals surface area contributed by atoms with E-state index in [0.29, 0.717) is 0 Å². The van der Waals surface area contributed by atoms with Crippen molar-refractivity contribution in [2.45, 2.75) is 10.8 Å². The second-order valence-electron chi connectivity index (χ2n) is 17.0. The van der Waals surface area contributed by atoms with Crippen LogP contribution in [0.1, 0.15) is 44.5 Å². The number of fused-ring (bicyclic) bond motifs is 21. The summed E-state index contributed by atoms with van der Waals surface area (Å²) in [5.74, 6) is 1.83. The Bertz CT molecular complexity index is 3420. The van der Waals surface area contributed by atoms with Crippen molar-refractivity contribution >= 4 is 10.8 Å². The lowest BCUT2D eigenvalue weighted by Gasteiger charge is -2.40. The molecule has 0 atom stereocenters. The average Bonchev–Trinajstić information content (AvgIpc) is 3.92. The van der Waals surface area contributed by atoms with Gasteiger partial charge in [-0.1, -0.05) is 200 Å².